The van der Waals surface area contributed by atoms with E-state index in [1.165, 1.54) is 33.0 Å². The van der Waals surface area contributed by atoms with E-state index in [4.69, 9.17) is 0 Å². The van der Waals surface area contributed by atoms with Gasteiger partial charge in [0.15, 0.2) is 0 Å². The first kappa shape index (κ1) is 13.7. The average molecular weight is 299 g/mol. The lowest BCUT2D eigenvalue weighted by atomic mass is 9.98. The molecule has 0 aliphatic rings. The maximum absolute atomic E-state index is 4.39. The standard InChI is InChI=1S/C20H17N3/c1-14-3-4-17-10-21-12-20(19(17)9-14)16-7-5-15(6-8-16)18-11-22-23(2)13-18/h3-13H,1-2H3. The first-order chi connectivity index (χ1) is 11.2. The van der Waals surface area contributed by atoms with E-state index in [1.54, 1.807) is 0 Å². The van der Waals surface area contributed by atoms with Crippen LogP contribution in [-0.4, -0.2) is 14.8 Å². The summed E-state index contributed by atoms with van der Waals surface area (Å²) in [5.41, 5.74) is 5.92. The highest BCUT2D eigenvalue weighted by Crippen LogP contribution is 2.30. The van der Waals surface area contributed by atoms with Gasteiger partial charge < -0.3 is 0 Å². The molecule has 4 rings (SSSR count). The van der Waals surface area contributed by atoms with Crippen molar-refractivity contribution < 1.29 is 0 Å². The molecule has 0 spiro atoms. The van der Waals surface area contributed by atoms with Crippen LogP contribution in [0.4, 0.5) is 0 Å². The lowest BCUT2D eigenvalue weighted by Gasteiger charge is -2.08. The Hall–Kier alpha value is -2.94. The number of aryl methyl sites for hydroxylation is 2. The predicted octanol–water partition coefficient (Wildman–Crippen LogP) is 4.61. The predicted molar refractivity (Wildman–Crippen MR) is 94.1 cm³/mol. The van der Waals surface area contributed by atoms with E-state index in [2.05, 4.69) is 59.5 Å². The molecule has 23 heavy (non-hydrogen) atoms. The van der Waals surface area contributed by atoms with Crippen molar-refractivity contribution >= 4 is 10.8 Å². The van der Waals surface area contributed by atoms with Gasteiger partial charge in [0.1, 0.15) is 0 Å². The van der Waals surface area contributed by atoms with Gasteiger partial charge in [-0.25, -0.2) is 0 Å². The van der Waals surface area contributed by atoms with Crippen molar-refractivity contribution in [2.45, 2.75) is 6.92 Å². The smallest absolute Gasteiger partial charge is 0.0568 e. The van der Waals surface area contributed by atoms with Gasteiger partial charge in [-0.1, -0.05) is 48.0 Å². The molecular weight excluding hydrogens is 282 g/mol. The molecule has 0 saturated heterocycles. The van der Waals surface area contributed by atoms with Crippen LogP contribution in [0.25, 0.3) is 33.0 Å². The zero-order valence-electron chi connectivity index (χ0n) is 13.2. The van der Waals surface area contributed by atoms with E-state index in [9.17, 15) is 0 Å². The van der Waals surface area contributed by atoms with E-state index in [0.717, 1.165) is 5.56 Å². The molecule has 3 nitrogen and oxygen atoms in total. The van der Waals surface area contributed by atoms with Crippen molar-refractivity contribution in [3.05, 3.63) is 72.8 Å². The molecule has 2 heterocycles. The molecule has 0 radical (unpaired) electrons. The highest BCUT2D eigenvalue weighted by molar-refractivity contribution is 5.96. The van der Waals surface area contributed by atoms with Crippen molar-refractivity contribution in [2.24, 2.45) is 7.05 Å². The molecule has 3 heteroatoms. The Morgan fingerprint density at radius 1 is 0.826 bits per heavy atom. The van der Waals surface area contributed by atoms with Gasteiger partial charge in [0, 0.05) is 42.2 Å². The second-order valence-electron chi connectivity index (χ2n) is 5.89. The van der Waals surface area contributed by atoms with Crippen LogP contribution < -0.4 is 0 Å². The number of benzene rings is 2. The Kier molecular flexibility index (Phi) is 3.19. The summed E-state index contributed by atoms with van der Waals surface area (Å²) in [6.45, 7) is 2.12. The summed E-state index contributed by atoms with van der Waals surface area (Å²) in [6.07, 6.45) is 7.78. The molecular formula is C20H17N3. The van der Waals surface area contributed by atoms with E-state index >= 15 is 0 Å². The Balaban J connectivity index is 1.81. The quantitative estimate of drug-likeness (QED) is 0.541. The van der Waals surface area contributed by atoms with Crippen molar-refractivity contribution in [1.82, 2.24) is 14.8 Å². The monoisotopic (exact) mass is 299 g/mol. The molecule has 2 aromatic carbocycles. The number of nitrogens with zero attached hydrogens (tertiary/aromatic N) is 3. The largest absolute Gasteiger partial charge is 0.275 e. The summed E-state index contributed by atoms with van der Waals surface area (Å²) < 4.78 is 1.82. The minimum Gasteiger partial charge on any atom is -0.275 e. The third-order valence-corrected chi connectivity index (χ3v) is 4.15. The SMILES string of the molecule is Cc1ccc2cncc(-c3ccc(-c4cnn(C)c4)cc3)c2c1. The van der Waals surface area contributed by atoms with Gasteiger partial charge in [-0.3, -0.25) is 9.67 Å². The maximum Gasteiger partial charge on any atom is 0.0568 e. The normalized spacial score (nSPS) is 11.0. The first-order valence-corrected chi connectivity index (χ1v) is 7.64. The number of pyridine rings is 1. The first-order valence-electron chi connectivity index (χ1n) is 7.64. The van der Waals surface area contributed by atoms with Crippen LogP contribution in [0.2, 0.25) is 0 Å². The molecule has 2 aromatic heterocycles. The zero-order valence-corrected chi connectivity index (χ0v) is 13.2. The van der Waals surface area contributed by atoms with Crippen molar-refractivity contribution in [3.63, 3.8) is 0 Å². The molecule has 4 aromatic rings. The van der Waals surface area contributed by atoms with Crippen LogP contribution >= 0.6 is 0 Å². The Morgan fingerprint density at radius 2 is 1.61 bits per heavy atom. The summed E-state index contributed by atoms with van der Waals surface area (Å²) in [5.74, 6) is 0. The second kappa shape index (κ2) is 5.36. The van der Waals surface area contributed by atoms with Crippen molar-refractivity contribution in [2.75, 3.05) is 0 Å². The van der Waals surface area contributed by atoms with E-state index in [-0.39, 0.29) is 0 Å². The van der Waals surface area contributed by atoms with Gasteiger partial charge in [-0.2, -0.15) is 5.10 Å². The lowest BCUT2D eigenvalue weighted by molar-refractivity contribution is 0.768. The summed E-state index contributed by atoms with van der Waals surface area (Å²) >= 11 is 0. The Bertz CT molecular complexity index is 981. The average Bonchev–Trinajstić information content (AvgIpc) is 3.01. The fraction of sp³-hybridized carbons (Fsp3) is 0.100. The fourth-order valence-electron chi connectivity index (χ4n) is 2.92. The molecule has 0 atom stereocenters. The zero-order chi connectivity index (χ0) is 15.8. The van der Waals surface area contributed by atoms with E-state index in [1.807, 2.05) is 36.5 Å². The summed E-state index contributed by atoms with van der Waals surface area (Å²) in [5, 5.41) is 6.65. The van der Waals surface area contributed by atoms with Crippen LogP contribution in [0, 0.1) is 6.92 Å². The number of hydrogen-bond donors (Lipinski definition) is 0. The fourth-order valence-corrected chi connectivity index (χ4v) is 2.92. The molecule has 0 N–H and O–H groups in total. The highest BCUT2D eigenvalue weighted by Gasteiger charge is 2.06. The van der Waals surface area contributed by atoms with Gasteiger partial charge in [0.25, 0.3) is 0 Å². The van der Waals surface area contributed by atoms with E-state index < -0.39 is 0 Å². The van der Waals surface area contributed by atoms with Crippen molar-refractivity contribution in [1.29, 1.82) is 0 Å². The highest BCUT2D eigenvalue weighted by atomic mass is 15.2. The Labute approximate surface area is 135 Å². The third-order valence-electron chi connectivity index (χ3n) is 4.15. The summed E-state index contributed by atoms with van der Waals surface area (Å²) in [6, 6.07) is 15.1. The van der Waals surface area contributed by atoms with Crippen LogP contribution in [0.1, 0.15) is 5.56 Å². The second-order valence-corrected chi connectivity index (χ2v) is 5.89. The van der Waals surface area contributed by atoms with Crippen LogP contribution in [0.3, 0.4) is 0 Å². The molecule has 0 aliphatic carbocycles. The van der Waals surface area contributed by atoms with Crippen LogP contribution in [0.15, 0.2) is 67.3 Å². The van der Waals surface area contributed by atoms with Gasteiger partial charge in [-0.05, 0) is 23.4 Å². The van der Waals surface area contributed by atoms with Crippen LogP contribution in [-0.2, 0) is 7.05 Å². The molecule has 0 aliphatic heterocycles. The minimum atomic E-state index is 1.13. The van der Waals surface area contributed by atoms with Gasteiger partial charge in [-0.15, -0.1) is 0 Å². The van der Waals surface area contributed by atoms with Crippen molar-refractivity contribution in [3.8, 4) is 22.3 Å². The van der Waals surface area contributed by atoms with Gasteiger partial charge in [0.2, 0.25) is 0 Å². The molecule has 0 amide bonds. The number of aromatic nitrogens is 3. The molecule has 0 bridgehead atoms. The third kappa shape index (κ3) is 2.50. The minimum absolute atomic E-state index is 1.13. The lowest BCUT2D eigenvalue weighted by Crippen LogP contribution is -1.86. The summed E-state index contributed by atoms with van der Waals surface area (Å²) in [4.78, 5) is 4.39. The maximum atomic E-state index is 4.39. The van der Waals surface area contributed by atoms with Crippen LogP contribution in [0.5, 0.6) is 0 Å². The van der Waals surface area contributed by atoms with Gasteiger partial charge >= 0.3 is 0 Å². The molecule has 0 fully saturated rings. The van der Waals surface area contributed by atoms with Gasteiger partial charge in [0.05, 0.1) is 6.20 Å². The molecule has 0 unspecified atom stereocenters. The Morgan fingerprint density at radius 3 is 2.35 bits per heavy atom. The van der Waals surface area contributed by atoms with E-state index in [0.29, 0.717) is 0 Å². The molecule has 112 valence electrons. The number of hydrogen-bond acceptors (Lipinski definition) is 2. The topological polar surface area (TPSA) is 30.7 Å². The number of fused-ring (bicyclic) bond motifs is 1. The number of rotatable bonds is 2. The summed E-state index contributed by atoms with van der Waals surface area (Å²) in [7, 11) is 1.93. The molecule has 0 saturated carbocycles.